The predicted octanol–water partition coefficient (Wildman–Crippen LogP) is 2.05. The number of ether oxygens (including phenoxy) is 1. The van der Waals surface area contributed by atoms with E-state index in [9.17, 15) is 0 Å². The second kappa shape index (κ2) is 6.35. The SMILES string of the molecule is CN=C(N)SCCOc1ccccc1C. The van der Waals surface area contributed by atoms with E-state index in [0.717, 1.165) is 17.1 Å². The molecule has 0 aliphatic rings. The van der Waals surface area contributed by atoms with Crippen LogP contribution < -0.4 is 10.5 Å². The number of benzene rings is 1. The molecule has 4 heteroatoms. The van der Waals surface area contributed by atoms with Gasteiger partial charge in [-0.25, -0.2) is 0 Å². The van der Waals surface area contributed by atoms with Gasteiger partial charge in [-0.15, -0.1) is 0 Å². The van der Waals surface area contributed by atoms with Gasteiger partial charge in [0, 0.05) is 12.8 Å². The zero-order valence-corrected chi connectivity index (χ0v) is 9.88. The lowest BCUT2D eigenvalue weighted by Gasteiger charge is -2.07. The summed E-state index contributed by atoms with van der Waals surface area (Å²) < 4.78 is 5.60. The first kappa shape index (κ1) is 11.9. The summed E-state index contributed by atoms with van der Waals surface area (Å²) in [5.74, 6) is 1.75. The monoisotopic (exact) mass is 224 g/mol. The summed E-state index contributed by atoms with van der Waals surface area (Å²) >= 11 is 1.50. The standard InChI is InChI=1S/C11H16N2OS/c1-9-5-3-4-6-10(9)14-7-8-15-11(12)13-2/h3-6H,7-8H2,1-2H3,(H2,12,13). The zero-order valence-electron chi connectivity index (χ0n) is 9.06. The zero-order chi connectivity index (χ0) is 11.1. The van der Waals surface area contributed by atoms with Gasteiger partial charge in [0.05, 0.1) is 6.61 Å². The maximum Gasteiger partial charge on any atom is 0.153 e. The first-order valence-corrected chi connectivity index (χ1v) is 5.76. The molecule has 0 saturated heterocycles. The Morgan fingerprint density at radius 1 is 1.47 bits per heavy atom. The minimum atomic E-state index is 0.600. The number of para-hydroxylation sites is 1. The van der Waals surface area contributed by atoms with Crippen molar-refractivity contribution in [3.8, 4) is 5.75 Å². The van der Waals surface area contributed by atoms with E-state index < -0.39 is 0 Å². The Morgan fingerprint density at radius 3 is 2.87 bits per heavy atom. The minimum Gasteiger partial charge on any atom is -0.492 e. The van der Waals surface area contributed by atoms with Crippen LogP contribution in [-0.4, -0.2) is 24.6 Å². The third-order valence-electron chi connectivity index (χ3n) is 1.90. The number of rotatable bonds is 4. The number of nitrogens with zero attached hydrogens (tertiary/aromatic N) is 1. The second-order valence-corrected chi connectivity index (χ2v) is 4.14. The fourth-order valence-electron chi connectivity index (χ4n) is 1.08. The highest BCUT2D eigenvalue weighted by molar-refractivity contribution is 8.13. The summed E-state index contributed by atoms with van der Waals surface area (Å²) in [6.45, 7) is 2.68. The molecule has 0 aromatic heterocycles. The smallest absolute Gasteiger partial charge is 0.153 e. The first-order chi connectivity index (χ1) is 7.24. The summed E-state index contributed by atoms with van der Waals surface area (Å²) in [4.78, 5) is 3.85. The van der Waals surface area contributed by atoms with Crippen molar-refractivity contribution in [2.45, 2.75) is 6.92 Å². The summed E-state index contributed by atoms with van der Waals surface area (Å²) in [6.07, 6.45) is 0. The molecule has 82 valence electrons. The molecule has 3 nitrogen and oxygen atoms in total. The molecule has 0 amide bonds. The van der Waals surface area contributed by atoms with Crippen LogP contribution in [0.2, 0.25) is 0 Å². The lowest BCUT2D eigenvalue weighted by molar-refractivity contribution is 0.342. The highest BCUT2D eigenvalue weighted by Gasteiger charge is 1.98. The molecule has 2 N–H and O–H groups in total. The Morgan fingerprint density at radius 2 is 2.20 bits per heavy atom. The molecule has 0 saturated carbocycles. The van der Waals surface area contributed by atoms with Crippen LogP contribution in [0, 0.1) is 6.92 Å². The summed E-state index contributed by atoms with van der Waals surface area (Å²) in [6, 6.07) is 7.97. The van der Waals surface area contributed by atoms with Crippen LogP contribution >= 0.6 is 11.8 Å². The van der Waals surface area contributed by atoms with Crippen LogP contribution in [0.5, 0.6) is 5.75 Å². The summed E-state index contributed by atoms with van der Waals surface area (Å²) in [5, 5.41) is 0.600. The lowest BCUT2D eigenvalue weighted by Crippen LogP contribution is -2.10. The molecule has 0 radical (unpaired) electrons. The fourth-order valence-corrected chi connectivity index (χ4v) is 1.59. The van der Waals surface area contributed by atoms with Crippen LogP contribution in [0.1, 0.15) is 5.56 Å². The number of aliphatic imine (C=N–C) groups is 1. The Balaban J connectivity index is 2.29. The number of thioether (sulfide) groups is 1. The molecule has 0 bridgehead atoms. The van der Waals surface area contributed by atoms with Crippen molar-refractivity contribution in [1.29, 1.82) is 0 Å². The minimum absolute atomic E-state index is 0.600. The van der Waals surface area contributed by atoms with Crippen LogP contribution in [0.25, 0.3) is 0 Å². The summed E-state index contributed by atoms with van der Waals surface area (Å²) in [5.41, 5.74) is 6.69. The van der Waals surface area contributed by atoms with Gasteiger partial charge in [-0.3, -0.25) is 4.99 Å². The Hall–Kier alpha value is -1.16. The Labute approximate surface area is 94.7 Å². The number of aryl methyl sites for hydroxylation is 1. The molecular weight excluding hydrogens is 208 g/mol. The highest BCUT2D eigenvalue weighted by Crippen LogP contribution is 2.16. The van der Waals surface area contributed by atoms with Crippen molar-refractivity contribution in [3.05, 3.63) is 29.8 Å². The van der Waals surface area contributed by atoms with E-state index in [2.05, 4.69) is 4.99 Å². The number of nitrogens with two attached hydrogens (primary N) is 1. The second-order valence-electron chi connectivity index (χ2n) is 3.02. The molecule has 15 heavy (non-hydrogen) atoms. The quantitative estimate of drug-likeness (QED) is 0.484. The van der Waals surface area contributed by atoms with Crippen LogP contribution in [0.4, 0.5) is 0 Å². The van der Waals surface area contributed by atoms with Crippen LogP contribution in [0.3, 0.4) is 0 Å². The number of amidine groups is 1. The maximum absolute atomic E-state index is 5.60. The molecule has 0 atom stereocenters. The van der Waals surface area contributed by atoms with Gasteiger partial charge in [0.1, 0.15) is 5.75 Å². The average molecular weight is 224 g/mol. The van der Waals surface area contributed by atoms with Crippen molar-refractivity contribution in [2.75, 3.05) is 19.4 Å². The van der Waals surface area contributed by atoms with Gasteiger partial charge < -0.3 is 10.5 Å². The van der Waals surface area contributed by atoms with Gasteiger partial charge in [-0.2, -0.15) is 0 Å². The van der Waals surface area contributed by atoms with E-state index in [-0.39, 0.29) is 0 Å². The van der Waals surface area contributed by atoms with Crippen molar-refractivity contribution >= 4 is 16.9 Å². The normalized spacial score (nSPS) is 11.5. The van der Waals surface area contributed by atoms with E-state index in [1.165, 1.54) is 11.8 Å². The Bertz CT molecular complexity index is 339. The summed E-state index contributed by atoms with van der Waals surface area (Å²) in [7, 11) is 1.69. The molecule has 1 aromatic rings. The van der Waals surface area contributed by atoms with E-state index >= 15 is 0 Å². The third kappa shape index (κ3) is 4.25. The first-order valence-electron chi connectivity index (χ1n) is 4.77. The van der Waals surface area contributed by atoms with Gasteiger partial charge in [-0.1, -0.05) is 30.0 Å². The van der Waals surface area contributed by atoms with Gasteiger partial charge in [-0.05, 0) is 18.6 Å². The van der Waals surface area contributed by atoms with Crippen LogP contribution in [-0.2, 0) is 0 Å². The molecule has 1 rings (SSSR count). The highest BCUT2D eigenvalue weighted by atomic mass is 32.2. The van der Waals surface area contributed by atoms with Gasteiger partial charge in [0.15, 0.2) is 5.17 Å². The van der Waals surface area contributed by atoms with Crippen molar-refractivity contribution in [2.24, 2.45) is 10.7 Å². The molecule has 0 aliphatic heterocycles. The molecule has 0 fully saturated rings. The van der Waals surface area contributed by atoms with E-state index in [1.54, 1.807) is 7.05 Å². The van der Waals surface area contributed by atoms with E-state index in [1.807, 2.05) is 31.2 Å². The largest absolute Gasteiger partial charge is 0.492 e. The Kier molecular flexibility index (Phi) is 5.04. The third-order valence-corrected chi connectivity index (χ3v) is 2.75. The van der Waals surface area contributed by atoms with Gasteiger partial charge in [0.2, 0.25) is 0 Å². The van der Waals surface area contributed by atoms with E-state index in [0.29, 0.717) is 11.8 Å². The molecule has 0 heterocycles. The average Bonchev–Trinajstić information content (AvgIpc) is 2.26. The van der Waals surface area contributed by atoms with Crippen LogP contribution in [0.15, 0.2) is 29.3 Å². The molecular formula is C11H16N2OS. The molecule has 0 unspecified atom stereocenters. The molecule has 0 aliphatic carbocycles. The molecule has 1 aromatic carbocycles. The van der Waals surface area contributed by atoms with Crippen molar-refractivity contribution < 1.29 is 4.74 Å². The predicted molar refractivity (Wildman–Crippen MR) is 66.7 cm³/mol. The van der Waals surface area contributed by atoms with Crippen molar-refractivity contribution in [3.63, 3.8) is 0 Å². The number of hydrogen-bond acceptors (Lipinski definition) is 3. The lowest BCUT2D eigenvalue weighted by atomic mass is 10.2. The van der Waals surface area contributed by atoms with Crippen molar-refractivity contribution in [1.82, 2.24) is 0 Å². The topological polar surface area (TPSA) is 47.6 Å². The molecule has 0 spiro atoms. The fraction of sp³-hybridized carbons (Fsp3) is 0.364. The van der Waals surface area contributed by atoms with Gasteiger partial charge in [0.25, 0.3) is 0 Å². The van der Waals surface area contributed by atoms with E-state index in [4.69, 9.17) is 10.5 Å². The number of hydrogen-bond donors (Lipinski definition) is 1. The van der Waals surface area contributed by atoms with Gasteiger partial charge >= 0.3 is 0 Å². The maximum atomic E-state index is 5.60.